The molecule has 3 nitrogen and oxygen atoms in total. The van der Waals surface area contributed by atoms with Crippen LogP contribution in [-0.4, -0.2) is 25.0 Å². The van der Waals surface area contributed by atoms with E-state index in [-0.39, 0.29) is 30.2 Å². The van der Waals surface area contributed by atoms with Gasteiger partial charge in [-0.05, 0) is 44.0 Å². The Morgan fingerprint density at radius 1 is 1.50 bits per heavy atom. The van der Waals surface area contributed by atoms with Crippen molar-refractivity contribution in [2.45, 2.75) is 25.8 Å². The Morgan fingerprint density at radius 3 is 2.94 bits per heavy atom. The predicted molar refractivity (Wildman–Crippen MR) is 71.7 cm³/mol. The molecular formula is C13H18ClFN2O. The summed E-state index contributed by atoms with van der Waals surface area (Å²) in [6.07, 6.45) is 2.04. The zero-order valence-corrected chi connectivity index (χ0v) is 11.1. The van der Waals surface area contributed by atoms with Gasteiger partial charge in [0.25, 0.3) is 5.91 Å². The van der Waals surface area contributed by atoms with Gasteiger partial charge in [0.15, 0.2) is 0 Å². The Kier molecular flexibility index (Phi) is 5.56. The Bertz CT molecular complexity index is 419. The molecule has 5 heteroatoms. The van der Waals surface area contributed by atoms with Crippen molar-refractivity contribution in [2.75, 3.05) is 13.1 Å². The molecule has 18 heavy (non-hydrogen) atoms. The molecule has 1 fully saturated rings. The molecule has 2 rings (SSSR count). The third-order valence-corrected chi connectivity index (χ3v) is 3.08. The molecule has 1 heterocycles. The summed E-state index contributed by atoms with van der Waals surface area (Å²) in [5.41, 5.74) is 1.23. The predicted octanol–water partition coefficient (Wildman–Crippen LogP) is 2.04. The van der Waals surface area contributed by atoms with Crippen molar-refractivity contribution in [2.24, 2.45) is 0 Å². The number of hydrogen-bond donors (Lipinski definition) is 2. The molecule has 0 bridgehead atoms. The van der Waals surface area contributed by atoms with Gasteiger partial charge in [-0.3, -0.25) is 4.79 Å². The molecule has 0 radical (unpaired) electrons. The molecule has 100 valence electrons. The van der Waals surface area contributed by atoms with Crippen LogP contribution in [0.4, 0.5) is 4.39 Å². The van der Waals surface area contributed by atoms with E-state index in [1.165, 1.54) is 12.1 Å². The second-order valence-electron chi connectivity index (χ2n) is 4.48. The molecule has 1 aliphatic rings. The van der Waals surface area contributed by atoms with Crippen LogP contribution in [0.3, 0.4) is 0 Å². The first kappa shape index (κ1) is 14.9. The number of amides is 1. The van der Waals surface area contributed by atoms with Gasteiger partial charge in [-0.15, -0.1) is 12.4 Å². The van der Waals surface area contributed by atoms with Gasteiger partial charge in [-0.1, -0.05) is 6.07 Å². The zero-order chi connectivity index (χ0) is 12.3. The van der Waals surface area contributed by atoms with E-state index in [0.717, 1.165) is 31.5 Å². The van der Waals surface area contributed by atoms with Gasteiger partial charge in [0, 0.05) is 18.2 Å². The van der Waals surface area contributed by atoms with Gasteiger partial charge in [0.2, 0.25) is 0 Å². The van der Waals surface area contributed by atoms with Crippen molar-refractivity contribution in [3.63, 3.8) is 0 Å². The second-order valence-corrected chi connectivity index (χ2v) is 4.48. The fourth-order valence-electron chi connectivity index (χ4n) is 2.08. The van der Waals surface area contributed by atoms with Crippen LogP contribution in [0.25, 0.3) is 0 Å². The number of benzene rings is 1. The lowest BCUT2D eigenvalue weighted by molar-refractivity contribution is 0.0929. The summed E-state index contributed by atoms with van der Waals surface area (Å²) in [6.45, 7) is 3.61. The Labute approximate surface area is 113 Å². The fraction of sp³-hybridized carbons (Fsp3) is 0.462. The Morgan fingerprint density at radius 2 is 2.28 bits per heavy atom. The maximum atomic E-state index is 13.1. The first-order chi connectivity index (χ1) is 8.16. The topological polar surface area (TPSA) is 41.1 Å². The third kappa shape index (κ3) is 3.68. The lowest BCUT2D eigenvalue weighted by Crippen LogP contribution is -2.45. The highest BCUT2D eigenvalue weighted by atomic mass is 35.5. The summed E-state index contributed by atoms with van der Waals surface area (Å²) < 4.78 is 13.1. The molecule has 1 aromatic rings. The van der Waals surface area contributed by atoms with Gasteiger partial charge < -0.3 is 10.6 Å². The third-order valence-electron chi connectivity index (χ3n) is 3.08. The van der Waals surface area contributed by atoms with Crippen molar-refractivity contribution < 1.29 is 9.18 Å². The van der Waals surface area contributed by atoms with E-state index in [1.54, 1.807) is 6.07 Å². The highest BCUT2D eigenvalue weighted by Crippen LogP contribution is 2.11. The van der Waals surface area contributed by atoms with Crippen molar-refractivity contribution in [1.29, 1.82) is 0 Å². The van der Waals surface area contributed by atoms with Crippen molar-refractivity contribution in [3.05, 3.63) is 35.1 Å². The number of aryl methyl sites for hydroxylation is 1. The minimum Gasteiger partial charge on any atom is -0.348 e. The van der Waals surface area contributed by atoms with E-state index in [9.17, 15) is 9.18 Å². The van der Waals surface area contributed by atoms with Gasteiger partial charge in [-0.2, -0.15) is 0 Å². The summed E-state index contributed by atoms with van der Waals surface area (Å²) in [4.78, 5) is 12.0. The molecule has 1 aromatic carbocycles. The number of piperidine rings is 1. The summed E-state index contributed by atoms with van der Waals surface area (Å²) in [5.74, 6) is -0.557. The molecular weight excluding hydrogens is 255 g/mol. The number of halogens is 2. The van der Waals surface area contributed by atoms with Gasteiger partial charge in [0.05, 0.1) is 0 Å². The Hall–Kier alpha value is -1.13. The quantitative estimate of drug-likeness (QED) is 0.865. The van der Waals surface area contributed by atoms with Crippen LogP contribution in [0.1, 0.15) is 28.8 Å². The normalized spacial score (nSPS) is 18.9. The smallest absolute Gasteiger partial charge is 0.251 e. The molecule has 0 spiro atoms. The average molecular weight is 273 g/mol. The first-order valence-corrected chi connectivity index (χ1v) is 5.94. The SMILES string of the molecule is Cc1ccc(F)cc1C(=O)NC1CCCNC1.Cl. The van der Waals surface area contributed by atoms with Crippen LogP contribution in [0.5, 0.6) is 0 Å². The maximum absolute atomic E-state index is 13.1. The number of nitrogens with one attached hydrogen (secondary N) is 2. The van der Waals surface area contributed by atoms with Gasteiger partial charge >= 0.3 is 0 Å². The van der Waals surface area contributed by atoms with Crippen molar-refractivity contribution in [1.82, 2.24) is 10.6 Å². The summed E-state index contributed by atoms with van der Waals surface area (Å²) in [5, 5.41) is 6.16. The monoisotopic (exact) mass is 272 g/mol. The molecule has 1 saturated heterocycles. The number of carbonyl (C=O) groups is 1. The molecule has 1 amide bonds. The molecule has 1 aliphatic heterocycles. The molecule has 2 N–H and O–H groups in total. The zero-order valence-electron chi connectivity index (χ0n) is 10.3. The van der Waals surface area contributed by atoms with E-state index >= 15 is 0 Å². The van der Waals surface area contributed by atoms with Crippen LogP contribution < -0.4 is 10.6 Å². The fourth-order valence-corrected chi connectivity index (χ4v) is 2.08. The molecule has 1 unspecified atom stereocenters. The highest BCUT2D eigenvalue weighted by molar-refractivity contribution is 5.95. The number of hydrogen-bond acceptors (Lipinski definition) is 2. The lowest BCUT2D eigenvalue weighted by Gasteiger charge is -2.24. The minimum atomic E-state index is -0.373. The van der Waals surface area contributed by atoms with Crippen LogP contribution in [-0.2, 0) is 0 Å². The van der Waals surface area contributed by atoms with E-state index in [1.807, 2.05) is 6.92 Å². The standard InChI is InChI=1S/C13H17FN2O.ClH/c1-9-4-5-10(14)7-12(9)13(17)16-11-3-2-6-15-8-11;/h4-5,7,11,15H,2-3,6,8H2,1H3,(H,16,17);1H. The first-order valence-electron chi connectivity index (χ1n) is 5.94. The Balaban J connectivity index is 0.00000162. The van der Waals surface area contributed by atoms with E-state index in [2.05, 4.69) is 10.6 Å². The number of carbonyl (C=O) groups excluding carboxylic acids is 1. The lowest BCUT2D eigenvalue weighted by atomic mass is 10.0. The maximum Gasteiger partial charge on any atom is 0.251 e. The van der Waals surface area contributed by atoms with Gasteiger partial charge in [-0.25, -0.2) is 4.39 Å². The van der Waals surface area contributed by atoms with E-state index in [4.69, 9.17) is 0 Å². The van der Waals surface area contributed by atoms with Gasteiger partial charge in [0.1, 0.15) is 5.82 Å². The minimum absolute atomic E-state index is 0. The largest absolute Gasteiger partial charge is 0.348 e. The van der Waals surface area contributed by atoms with E-state index < -0.39 is 0 Å². The molecule has 1 atom stereocenters. The molecule has 0 saturated carbocycles. The average Bonchev–Trinajstić information content (AvgIpc) is 2.33. The van der Waals surface area contributed by atoms with Crippen molar-refractivity contribution in [3.8, 4) is 0 Å². The van der Waals surface area contributed by atoms with E-state index in [0.29, 0.717) is 5.56 Å². The summed E-state index contributed by atoms with van der Waals surface area (Å²) in [7, 11) is 0. The van der Waals surface area contributed by atoms with Crippen LogP contribution >= 0.6 is 12.4 Å². The second kappa shape index (κ2) is 6.71. The number of rotatable bonds is 2. The van der Waals surface area contributed by atoms with Crippen molar-refractivity contribution >= 4 is 18.3 Å². The molecule has 0 aromatic heterocycles. The van der Waals surface area contributed by atoms with Crippen LogP contribution in [0.15, 0.2) is 18.2 Å². The van der Waals surface area contributed by atoms with Crippen LogP contribution in [0.2, 0.25) is 0 Å². The summed E-state index contributed by atoms with van der Waals surface area (Å²) in [6, 6.07) is 4.44. The summed E-state index contributed by atoms with van der Waals surface area (Å²) >= 11 is 0. The highest BCUT2D eigenvalue weighted by Gasteiger charge is 2.17. The molecule has 0 aliphatic carbocycles. The van der Waals surface area contributed by atoms with Crippen LogP contribution in [0, 0.1) is 12.7 Å².